The van der Waals surface area contributed by atoms with Crippen molar-refractivity contribution in [3.05, 3.63) is 81.6 Å². The van der Waals surface area contributed by atoms with Crippen molar-refractivity contribution in [2.24, 2.45) is 0 Å². The predicted octanol–water partition coefficient (Wildman–Crippen LogP) is 1.98. The van der Waals surface area contributed by atoms with Gasteiger partial charge in [0.1, 0.15) is 12.3 Å². The van der Waals surface area contributed by atoms with Crippen molar-refractivity contribution < 1.29 is 14.3 Å². The summed E-state index contributed by atoms with van der Waals surface area (Å²) >= 11 is 0. The number of benzene rings is 2. The maximum Gasteiger partial charge on any atom is 0.328 e. The van der Waals surface area contributed by atoms with Gasteiger partial charge in [-0.2, -0.15) is 0 Å². The fourth-order valence-corrected chi connectivity index (χ4v) is 2.36. The summed E-state index contributed by atoms with van der Waals surface area (Å²) in [6.45, 7) is -0.213. The Bertz CT molecular complexity index is 1050. The standard InChI is InChI=1S/C19H17N3O5/c1-26-15-4-2-3-5-16(15)27-14-8-6-13(7-9-14)20-18(24)12-22-11-10-17(23)21-19(22)25/h2-11H,12H2,1H3,(H,20,24)(H,21,23,25). The molecular formula is C19H17N3O5. The topological polar surface area (TPSA) is 102 Å². The van der Waals surface area contributed by atoms with Crippen LogP contribution in [0.3, 0.4) is 0 Å². The van der Waals surface area contributed by atoms with Crippen molar-refractivity contribution in [1.29, 1.82) is 0 Å². The number of nitrogens with zero attached hydrogens (tertiary/aromatic N) is 1. The number of hydrogen-bond acceptors (Lipinski definition) is 5. The van der Waals surface area contributed by atoms with Crippen LogP contribution in [0.15, 0.2) is 70.4 Å². The number of ether oxygens (including phenoxy) is 2. The number of carbonyl (C=O) groups excluding carboxylic acids is 1. The van der Waals surface area contributed by atoms with E-state index in [0.717, 1.165) is 4.57 Å². The van der Waals surface area contributed by atoms with Gasteiger partial charge >= 0.3 is 5.69 Å². The van der Waals surface area contributed by atoms with Crippen molar-refractivity contribution >= 4 is 11.6 Å². The molecule has 0 aliphatic carbocycles. The Hall–Kier alpha value is -3.81. The molecule has 0 aliphatic heterocycles. The maximum absolute atomic E-state index is 12.1. The SMILES string of the molecule is COc1ccccc1Oc1ccc(NC(=O)Cn2ccc(=O)[nH]c2=O)cc1. The van der Waals surface area contributed by atoms with Gasteiger partial charge in [0, 0.05) is 18.0 Å². The lowest BCUT2D eigenvalue weighted by Gasteiger charge is -2.11. The largest absolute Gasteiger partial charge is 0.493 e. The number of rotatable bonds is 6. The number of H-pyrrole nitrogens is 1. The Morgan fingerprint density at radius 3 is 2.41 bits per heavy atom. The zero-order valence-electron chi connectivity index (χ0n) is 14.5. The zero-order chi connectivity index (χ0) is 19.2. The summed E-state index contributed by atoms with van der Waals surface area (Å²) in [5.74, 6) is 1.37. The minimum Gasteiger partial charge on any atom is -0.493 e. The monoisotopic (exact) mass is 367 g/mol. The van der Waals surface area contributed by atoms with E-state index in [-0.39, 0.29) is 6.54 Å². The van der Waals surface area contributed by atoms with Crippen LogP contribution in [0.25, 0.3) is 0 Å². The third kappa shape index (κ3) is 4.63. The fourth-order valence-electron chi connectivity index (χ4n) is 2.36. The van der Waals surface area contributed by atoms with Gasteiger partial charge in [-0.3, -0.25) is 19.1 Å². The molecule has 0 radical (unpaired) electrons. The molecule has 0 atom stereocenters. The molecule has 1 heterocycles. The lowest BCUT2D eigenvalue weighted by molar-refractivity contribution is -0.116. The minimum absolute atomic E-state index is 0.213. The molecule has 8 nitrogen and oxygen atoms in total. The molecular weight excluding hydrogens is 350 g/mol. The van der Waals surface area contributed by atoms with Crippen LogP contribution >= 0.6 is 0 Å². The smallest absolute Gasteiger partial charge is 0.328 e. The number of methoxy groups -OCH3 is 1. The Morgan fingerprint density at radius 1 is 1.04 bits per heavy atom. The number of para-hydroxylation sites is 2. The molecule has 0 unspecified atom stereocenters. The Morgan fingerprint density at radius 2 is 1.74 bits per heavy atom. The Balaban J connectivity index is 1.64. The van der Waals surface area contributed by atoms with Crippen LogP contribution in [0.1, 0.15) is 0 Å². The number of hydrogen-bond donors (Lipinski definition) is 2. The van der Waals surface area contributed by atoms with Crippen LogP contribution in [0, 0.1) is 0 Å². The summed E-state index contributed by atoms with van der Waals surface area (Å²) in [6, 6.07) is 15.2. The molecule has 3 rings (SSSR count). The third-order valence-electron chi connectivity index (χ3n) is 3.65. The van der Waals surface area contributed by atoms with Gasteiger partial charge in [-0.25, -0.2) is 4.79 Å². The molecule has 0 saturated carbocycles. The Labute approximate surface area is 154 Å². The van der Waals surface area contributed by atoms with Gasteiger partial charge in [0.05, 0.1) is 7.11 Å². The number of anilines is 1. The van der Waals surface area contributed by atoms with E-state index in [2.05, 4.69) is 10.3 Å². The molecule has 2 aromatic carbocycles. The normalized spacial score (nSPS) is 10.3. The second-order valence-electron chi connectivity index (χ2n) is 5.56. The van der Waals surface area contributed by atoms with Gasteiger partial charge in [-0.05, 0) is 36.4 Å². The van der Waals surface area contributed by atoms with Crippen molar-refractivity contribution in [2.75, 3.05) is 12.4 Å². The van der Waals surface area contributed by atoms with Crippen LogP contribution in [-0.4, -0.2) is 22.6 Å². The predicted molar refractivity (Wildman–Crippen MR) is 99.5 cm³/mol. The molecule has 2 N–H and O–H groups in total. The molecule has 8 heteroatoms. The van der Waals surface area contributed by atoms with E-state index in [1.54, 1.807) is 43.5 Å². The zero-order valence-corrected chi connectivity index (χ0v) is 14.5. The summed E-state index contributed by atoms with van der Waals surface area (Å²) in [5.41, 5.74) is -0.606. The fraction of sp³-hybridized carbons (Fsp3) is 0.105. The van der Waals surface area contributed by atoms with E-state index < -0.39 is 17.2 Å². The van der Waals surface area contributed by atoms with E-state index >= 15 is 0 Å². The number of amides is 1. The second-order valence-corrected chi connectivity index (χ2v) is 5.56. The molecule has 0 spiro atoms. The van der Waals surface area contributed by atoms with E-state index in [4.69, 9.17) is 9.47 Å². The van der Waals surface area contributed by atoms with Gasteiger partial charge in [0.25, 0.3) is 5.56 Å². The number of aromatic nitrogens is 2. The maximum atomic E-state index is 12.1. The van der Waals surface area contributed by atoms with Gasteiger partial charge in [0.2, 0.25) is 5.91 Å². The summed E-state index contributed by atoms with van der Waals surface area (Å²) in [6.07, 6.45) is 1.27. The first-order chi connectivity index (χ1) is 13.0. The number of nitrogens with one attached hydrogen (secondary N) is 2. The van der Waals surface area contributed by atoms with Crippen LogP contribution in [0.5, 0.6) is 17.2 Å². The molecule has 138 valence electrons. The van der Waals surface area contributed by atoms with E-state index in [1.165, 1.54) is 12.3 Å². The quantitative estimate of drug-likeness (QED) is 0.693. The highest BCUT2D eigenvalue weighted by Crippen LogP contribution is 2.31. The van der Waals surface area contributed by atoms with E-state index in [9.17, 15) is 14.4 Å². The molecule has 0 fully saturated rings. The molecule has 0 bridgehead atoms. The van der Waals surface area contributed by atoms with Crippen LogP contribution in [0.4, 0.5) is 5.69 Å². The third-order valence-corrected chi connectivity index (χ3v) is 3.65. The highest BCUT2D eigenvalue weighted by atomic mass is 16.5. The molecule has 1 aromatic heterocycles. The molecule has 27 heavy (non-hydrogen) atoms. The van der Waals surface area contributed by atoms with Crippen LogP contribution in [0.2, 0.25) is 0 Å². The summed E-state index contributed by atoms with van der Waals surface area (Å²) < 4.78 is 12.1. The average molecular weight is 367 g/mol. The first kappa shape index (κ1) is 18.0. The minimum atomic E-state index is -0.641. The van der Waals surface area contributed by atoms with Gasteiger partial charge in [0.15, 0.2) is 11.5 Å². The summed E-state index contributed by atoms with van der Waals surface area (Å²) in [5, 5.41) is 2.67. The number of carbonyl (C=O) groups is 1. The lowest BCUT2D eigenvalue weighted by atomic mass is 10.3. The highest BCUT2D eigenvalue weighted by Gasteiger charge is 2.07. The molecule has 0 saturated heterocycles. The van der Waals surface area contributed by atoms with Crippen molar-refractivity contribution in [3.8, 4) is 17.2 Å². The highest BCUT2D eigenvalue weighted by molar-refractivity contribution is 5.90. The van der Waals surface area contributed by atoms with Gasteiger partial charge in [-0.1, -0.05) is 12.1 Å². The van der Waals surface area contributed by atoms with Crippen LogP contribution in [-0.2, 0) is 11.3 Å². The van der Waals surface area contributed by atoms with Crippen molar-refractivity contribution in [2.45, 2.75) is 6.54 Å². The first-order valence-corrected chi connectivity index (χ1v) is 8.06. The van der Waals surface area contributed by atoms with E-state index in [1.807, 2.05) is 12.1 Å². The van der Waals surface area contributed by atoms with Gasteiger partial charge in [-0.15, -0.1) is 0 Å². The second kappa shape index (κ2) is 8.05. The van der Waals surface area contributed by atoms with Crippen molar-refractivity contribution in [3.63, 3.8) is 0 Å². The average Bonchev–Trinajstić information content (AvgIpc) is 2.66. The number of aromatic amines is 1. The first-order valence-electron chi connectivity index (χ1n) is 8.06. The molecule has 0 aliphatic rings. The van der Waals surface area contributed by atoms with Crippen LogP contribution < -0.4 is 26.0 Å². The summed E-state index contributed by atoms with van der Waals surface area (Å²) in [4.78, 5) is 36.8. The van der Waals surface area contributed by atoms with E-state index in [0.29, 0.717) is 22.9 Å². The lowest BCUT2D eigenvalue weighted by Crippen LogP contribution is -2.32. The molecule has 3 aromatic rings. The molecule has 1 amide bonds. The Kier molecular flexibility index (Phi) is 5.36. The summed E-state index contributed by atoms with van der Waals surface area (Å²) in [7, 11) is 1.56. The van der Waals surface area contributed by atoms with Crippen molar-refractivity contribution in [1.82, 2.24) is 9.55 Å². The van der Waals surface area contributed by atoms with Gasteiger partial charge < -0.3 is 14.8 Å².